The summed E-state index contributed by atoms with van der Waals surface area (Å²) < 4.78 is 1.28. The van der Waals surface area contributed by atoms with Crippen LogP contribution in [0.1, 0.15) is 13.3 Å². The van der Waals surface area contributed by atoms with Crippen LogP contribution in [0, 0.1) is 0 Å². The van der Waals surface area contributed by atoms with Gasteiger partial charge in [0.1, 0.15) is 5.02 Å². The Balaban J connectivity index is 2.96. The lowest BCUT2D eigenvalue weighted by molar-refractivity contribution is 0.204. The van der Waals surface area contributed by atoms with Crippen LogP contribution in [0.4, 0.5) is 5.69 Å². The molecule has 0 aliphatic carbocycles. The number of aryl methyl sites for hydroxylation is 1. The molecule has 0 fully saturated rings. The van der Waals surface area contributed by atoms with Gasteiger partial charge < -0.3 is 15.5 Å². The molecule has 96 valence electrons. The standard InChI is InChI=1S/C10H16ClN3O3/c1-2-3-14-10(17)9(11)8(4-12-14)13-7(5-15)6-16/h4,7,13,15-16H,2-3,5-6H2,1H3. The molecule has 6 nitrogen and oxygen atoms in total. The SMILES string of the molecule is CCCn1ncc(NC(CO)CO)c(Cl)c1=O. The average Bonchev–Trinajstić information content (AvgIpc) is 2.34. The van der Waals surface area contributed by atoms with Crippen molar-refractivity contribution < 1.29 is 10.2 Å². The van der Waals surface area contributed by atoms with Gasteiger partial charge >= 0.3 is 0 Å². The van der Waals surface area contributed by atoms with Gasteiger partial charge in [0.25, 0.3) is 5.56 Å². The summed E-state index contributed by atoms with van der Waals surface area (Å²) in [6.45, 7) is 1.92. The molecule has 0 spiro atoms. The molecule has 0 amide bonds. The second kappa shape index (κ2) is 6.58. The quantitative estimate of drug-likeness (QED) is 0.675. The fraction of sp³-hybridized carbons (Fsp3) is 0.600. The van der Waals surface area contributed by atoms with Crippen molar-refractivity contribution in [3.63, 3.8) is 0 Å². The zero-order valence-corrected chi connectivity index (χ0v) is 10.3. The Hall–Kier alpha value is -1.11. The monoisotopic (exact) mass is 261 g/mol. The molecule has 3 N–H and O–H groups in total. The summed E-state index contributed by atoms with van der Waals surface area (Å²) in [5, 5.41) is 24.5. The molecule has 1 aromatic rings. The van der Waals surface area contributed by atoms with Crippen LogP contribution in [0.5, 0.6) is 0 Å². The first-order valence-corrected chi connectivity index (χ1v) is 5.75. The van der Waals surface area contributed by atoms with Crippen LogP contribution < -0.4 is 10.9 Å². The summed E-state index contributed by atoms with van der Waals surface area (Å²) in [5.74, 6) is 0. The fourth-order valence-electron chi connectivity index (χ4n) is 1.31. The summed E-state index contributed by atoms with van der Waals surface area (Å²) in [7, 11) is 0. The predicted molar refractivity (Wildman–Crippen MR) is 65.4 cm³/mol. The Bertz CT molecular complexity index is 418. The van der Waals surface area contributed by atoms with E-state index in [1.165, 1.54) is 10.9 Å². The molecule has 0 saturated carbocycles. The highest BCUT2D eigenvalue weighted by Gasteiger charge is 2.12. The lowest BCUT2D eigenvalue weighted by atomic mass is 10.3. The summed E-state index contributed by atoms with van der Waals surface area (Å²) in [6.07, 6.45) is 2.20. The maximum Gasteiger partial charge on any atom is 0.287 e. The van der Waals surface area contributed by atoms with Crippen LogP contribution in [-0.4, -0.2) is 39.2 Å². The van der Waals surface area contributed by atoms with E-state index in [9.17, 15) is 4.79 Å². The molecule has 0 unspecified atom stereocenters. The smallest absolute Gasteiger partial charge is 0.287 e. The minimum absolute atomic E-state index is 0.0142. The van der Waals surface area contributed by atoms with E-state index < -0.39 is 6.04 Å². The number of nitrogens with zero attached hydrogens (tertiary/aromatic N) is 2. The van der Waals surface area contributed by atoms with Gasteiger partial charge in [0.15, 0.2) is 0 Å². The van der Waals surface area contributed by atoms with E-state index in [1.807, 2.05) is 6.92 Å². The molecular weight excluding hydrogens is 246 g/mol. The van der Waals surface area contributed by atoms with E-state index in [0.717, 1.165) is 6.42 Å². The molecule has 0 saturated heterocycles. The largest absolute Gasteiger partial charge is 0.394 e. The molecular formula is C10H16ClN3O3. The summed E-state index contributed by atoms with van der Waals surface area (Å²) in [4.78, 5) is 11.7. The van der Waals surface area contributed by atoms with Crippen molar-refractivity contribution in [2.24, 2.45) is 0 Å². The number of hydrogen-bond donors (Lipinski definition) is 3. The Morgan fingerprint density at radius 2 is 2.18 bits per heavy atom. The lowest BCUT2D eigenvalue weighted by Crippen LogP contribution is -2.30. The van der Waals surface area contributed by atoms with Gasteiger partial charge in [-0.3, -0.25) is 4.79 Å². The van der Waals surface area contributed by atoms with E-state index in [4.69, 9.17) is 21.8 Å². The van der Waals surface area contributed by atoms with Gasteiger partial charge in [-0.15, -0.1) is 0 Å². The first kappa shape index (κ1) is 14.0. The number of aromatic nitrogens is 2. The maximum atomic E-state index is 11.7. The molecule has 1 rings (SSSR count). The van der Waals surface area contributed by atoms with E-state index in [2.05, 4.69) is 10.4 Å². The number of hydrogen-bond acceptors (Lipinski definition) is 5. The van der Waals surface area contributed by atoms with Crippen molar-refractivity contribution in [3.05, 3.63) is 21.6 Å². The van der Waals surface area contributed by atoms with E-state index in [-0.39, 0.29) is 23.8 Å². The van der Waals surface area contributed by atoms with E-state index >= 15 is 0 Å². The average molecular weight is 262 g/mol. The second-order valence-electron chi connectivity index (χ2n) is 3.61. The van der Waals surface area contributed by atoms with Crippen LogP contribution in [0.2, 0.25) is 5.02 Å². The van der Waals surface area contributed by atoms with Crippen LogP contribution in [0.25, 0.3) is 0 Å². The number of halogens is 1. The van der Waals surface area contributed by atoms with Gasteiger partial charge in [0.05, 0.1) is 31.1 Å². The highest BCUT2D eigenvalue weighted by atomic mass is 35.5. The first-order chi connectivity index (χ1) is 8.13. The molecule has 0 aliphatic rings. The fourth-order valence-corrected chi connectivity index (χ4v) is 1.51. The van der Waals surface area contributed by atoms with Crippen molar-refractivity contribution in [2.75, 3.05) is 18.5 Å². The number of rotatable bonds is 6. The minimum Gasteiger partial charge on any atom is -0.394 e. The molecule has 0 aliphatic heterocycles. The van der Waals surface area contributed by atoms with Crippen LogP contribution in [0.3, 0.4) is 0 Å². The molecule has 0 radical (unpaired) electrons. The maximum absolute atomic E-state index is 11.7. The summed E-state index contributed by atoms with van der Waals surface area (Å²) in [6, 6.07) is -0.560. The molecule has 1 heterocycles. The first-order valence-electron chi connectivity index (χ1n) is 5.37. The van der Waals surface area contributed by atoms with Gasteiger partial charge in [-0.2, -0.15) is 5.10 Å². The number of anilines is 1. The van der Waals surface area contributed by atoms with Crippen molar-refractivity contribution in [2.45, 2.75) is 25.9 Å². The summed E-state index contributed by atoms with van der Waals surface area (Å²) in [5.41, 5.74) is -0.0646. The Morgan fingerprint density at radius 1 is 1.53 bits per heavy atom. The lowest BCUT2D eigenvalue weighted by Gasteiger charge is -2.15. The topological polar surface area (TPSA) is 87.4 Å². The minimum atomic E-state index is -0.560. The van der Waals surface area contributed by atoms with E-state index in [0.29, 0.717) is 12.2 Å². The Morgan fingerprint density at radius 3 is 2.71 bits per heavy atom. The molecule has 17 heavy (non-hydrogen) atoms. The molecule has 1 aromatic heterocycles. The molecule has 0 atom stereocenters. The van der Waals surface area contributed by atoms with Crippen LogP contribution in [-0.2, 0) is 6.54 Å². The Kier molecular flexibility index (Phi) is 5.40. The zero-order valence-electron chi connectivity index (χ0n) is 9.56. The van der Waals surface area contributed by atoms with Crippen molar-refractivity contribution >= 4 is 17.3 Å². The van der Waals surface area contributed by atoms with Gasteiger partial charge in [-0.25, -0.2) is 4.68 Å². The summed E-state index contributed by atoms with van der Waals surface area (Å²) >= 11 is 5.89. The van der Waals surface area contributed by atoms with Gasteiger partial charge in [-0.1, -0.05) is 18.5 Å². The van der Waals surface area contributed by atoms with Crippen molar-refractivity contribution in [1.29, 1.82) is 0 Å². The van der Waals surface area contributed by atoms with Crippen molar-refractivity contribution in [1.82, 2.24) is 9.78 Å². The molecule has 7 heteroatoms. The molecule has 0 bridgehead atoms. The van der Waals surface area contributed by atoms with Crippen molar-refractivity contribution in [3.8, 4) is 0 Å². The van der Waals surface area contributed by atoms with Crippen LogP contribution in [0.15, 0.2) is 11.0 Å². The third-order valence-electron chi connectivity index (χ3n) is 2.22. The van der Waals surface area contributed by atoms with E-state index in [1.54, 1.807) is 0 Å². The Labute approximate surface area is 104 Å². The van der Waals surface area contributed by atoms with Crippen LogP contribution >= 0.6 is 11.6 Å². The number of aliphatic hydroxyl groups excluding tert-OH is 2. The van der Waals surface area contributed by atoms with Gasteiger partial charge in [0.2, 0.25) is 0 Å². The predicted octanol–water partition coefficient (Wildman–Crippen LogP) is 0.0718. The zero-order chi connectivity index (χ0) is 12.8. The van der Waals surface area contributed by atoms with Gasteiger partial charge in [0, 0.05) is 6.54 Å². The molecule has 0 aromatic carbocycles. The number of nitrogens with one attached hydrogen (secondary N) is 1. The second-order valence-corrected chi connectivity index (χ2v) is 3.98. The van der Waals surface area contributed by atoms with Gasteiger partial charge in [-0.05, 0) is 6.42 Å². The highest BCUT2D eigenvalue weighted by Crippen LogP contribution is 2.16. The third-order valence-corrected chi connectivity index (χ3v) is 2.59. The highest BCUT2D eigenvalue weighted by molar-refractivity contribution is 6.32. The number of aliphatic hydroxyl groups is 2. The normalized spacial score (nSPS) is 10.9. The third kappa shape index (κ3) is 3.42.